The van der Waals surface area contributed by atoms with Gasteiger partial charge in [0.2, 0.25) is 5.95 Å². The quantitative estimate of drug-likeness (QED) is 0.675. The average molecular weight is 282 g/mol. The van der Waals surface area contributed by atoms with Crippen LogP contribution in [0, 0.1) is 19.3 Å². The summed E-state index contributed by atoms with van der Waals surface area (Å²) in [6.45, 7) is 4.21. The van der Waals surface area contributed by atoms with Crippen molar-refractivity contribution >= 4 is 12.2 Å². The van der Waals surface area contributed by atoms with Crippen molar-refractivity contribution in [2.24, 2.45) is 5.10 Å². The van der Waals surface area contributed by atoms with Crippen LogP contribution in [0.4, 0.5) is 5.95 Å². The van der Waals surface area contributed by atoms with Gasteiger partial charge in [0.05, 0.1) is 18.1 Å². The molecule has 0 saturated heterocycles. The Labute approximate surface area is 124 Å². The second kappa shape index (κ2) is 6.62. The zero-order chi connectivity index (χ0) is 15.2. The third-order valence-corrected chi connectivity index (χ3v) is 2.94. The van der Waals surface area contributed by atoms with Crippen LogP contribution in [-0.2, 0) is 6.42 Å². The van der Waals surface area contributed by atoms with Crippen LogP contribution in [-0.4, -0.2) is 22.5 Å². The predicted octanol–water partition coefficient (Wildman–Crippen LogP) is 2.23. The highest BCUT2D eigenvalue weighted by molar-refractivity contribution is 5.80. The van der Waals surface area contributed by atoms with Gasteiger partial charge in [0.15, 0.2) is 0 Å². The highest BCUT2D eigenvalue weighted by Crippen LogP contribution is 2.20. The summed E-state index contributed by atoms with van der Waals surface area (Å²) in [7, 11) is 0. The van der Waals surface area contributed by atoms with Crippen molar-refractivity contribution in [3.63, 3.8) is 0 Å². The normalized spacial score (nSPS) is 10.7. The van der Waals surface area contributed by atoms with Crippen molar-refractivity contribution in [2.75, 3.05) is 12.3 Å². The number of aryl methyl sites for hydroxylation is 2. The Hall–Kier alpha value is -2.74. The number of aromatic nitrogens is 2. The maximum Gasteiger partial charge on any atom is 0.221 e. The number of nitrogens with zero attached hydrogens (tertiary/aromatic N) is 3. The highest BCUT2D eigenvalue weighted by atomic mass is 16.5. The Morgan fingerprint density at radius 3 is 2.95 bits per heavy atom. The molecule has 0 amide bonds. The molecule has 0 atom stereocenters. The van der Waals surface area contributed by atoms with Crippen molar-refractivity contribution in [3.05, 3.63) is 41.2 Å². The molecule has 1 aromatic carbocycles. The summed E-state index contributed by atoms with van der Waals surface area (Å²) in [5.74, 6) is 3.64. The first kappa shape index (κ1) is 14.7. The van der Waals surface area contributed by atoms with E-state index in [0.29, 0.717) is 5.95 Å². The summed E-state index contributed by atoms with van der Waals surface area (Å²) in [5, 5.41) is 4.30. The Bertz CT molecular complexity index is 695. The molecule has 0 unspecified atom stereocenters. The summed E-state index contributed by atoms with van der Waals surface area (Å²) in [6, 6.07) is 5.85. The van der Waals surface area contributed by atoms with Crippen LogP contribution < -0.4 is 10.5 Å². The fourth-order valence-corrected chi connectivity index (χ4v) is 1.94. The third-order valence-electron chi connectivity index (χ3n) is 2.94. The molecule has 2 aromatic rings. The van der Waals surface area contributed by atoms with Crippen LogP contribution in [0.5, 0.6) is 5.75 Å². The second-order valence-electron chi connectivity index (χ2n) is 4.54. The Morgan fingerprint density at radius 2 is 2.33 bits per heavy atom. The number of terminal acetylenes is 1. The van der Waals surface area contributed by atoms with Gasteiger partial charge in [-0.05, 0) is 42.7 Å². The minimum atomic E-state index is 0.269. The third kappa shape index (κ3) is 3.63. The molecule has 0 aliphatic carbocycles. The van der Waals surface area contributed by atoms with Gasteiger partial charge in [0, 0.05) is 0 Å². The van der Waals surface area contributed by atoms with Gasteiger partial charge in [-0.2, -0.15) is 5.10 Å². The van der Waals surface area contributed by atoms with Gasteiger partial charge in [-0.1, -0.05) is 12.8 Å². The zero-order valence-corrected chi connectivity index (χ0v) is 12.2. The molecular weight excluding hydrogens is 264 g/mol. The van der Waals surface area contributed by atoms with E-state index in [4.69, 9.17) is 16.9 Å². The van der Waals surface area contributed by atoms with Crippen molar-refractivity contribution in [2.45, 2.75) is 20.3 Å². The summed E-state index contributed by atoms with van der Waals surface area (Å²) < 4.78 is 7.05. The number of nitrogens with two attached hydrogens (primary N) is 1. The Kier molecular flexibility index (Phi) is 4.62. The number of nitrogen functional groups attached to an aromatic ring is 1. The fraction of sp³-hybridized carbons (Fsp3) is 0.250. The number of anilines is 1. The lowest BCUT2D eigenvalue weighted by Gasteiger charge is -2.08. The van der Waals surface area contributed by atoms with E-state index in [0.717, 1.165) is 29.0 Å². The minimum Gasteiger partial charge on any atom is -0.481 e. The molecule has 0 bridgehead atoms. The lowest BCUT2D eigenvalue weighted by Crippen LogP contribution is -1.99. The fourth-order valence-electron chi connectivity index (χ4n) is 1.94. The molecule has 5 heteroatoms. The van der Waals surface area contributed by atoms with Crippen molar-refractivity contribution in [3.8, 4) is 18.1 Å². The van der Waals surface area contributed by atoms with Crippen molar-refractivity contribution in [1.29, 1.82) is 0 Å². The molecule has 21 heavy (non-hydrogen) atoms. The van der Waals surface area contributed by atoms with E-state index < -0.39 is 0 Å². The second-order valence-corrected chi connectivity index (χ2v) is 4.54. The molecule has 0 radical (unpaired) electrons. The lowest BCUT2D eigenvalue weighted by atomic mass is 10.1. The van der Waals surface area contributed by atoms with Gasteiger partial charge < -0.3 is 10.5 Å². The van der Waals surface area contributed by atoms with Gasteiger partial charge in [-0.3, -0.25) is 0 Å². The van der Waals surface area contributed by atoms with Crippen molar-refractivity contribution in [1.82, 2.24) is 9.66 Å². The van der Waals surface area contributed by atoms with Crippen LogP contribution in [0.2, 0.25) is 0 Å². The van der Waals surface area contributed by atoms with E-state index in [-0.39, 0.29) is 6.61 Å². The largest absolute Gasteiger partial charge is 0.481 e. The average Bonchev–Trinajstić information content (AvgIpc) is 2.81. The number of imidazole rings is 1. The van der Waals surface area contributed by atoms with Gasteiger partial charge in [0.25, 0.3) is 0 Å². The maximum atomic E-state index is 5.74. The lowest BCUT2D eigenvalue weighted by molar-refractivity contribution is 0.366. The summed E-state index contributed by atoms with van der Waals surface area (Å²) in [4.78, 5) is 4.09. The summed E-state index contributed by atoms with van der Waals surface area (Å²) in [5.41, 5.74) is 8.62. The van der Waals surface area contributed by atoms with Crippen LogP contribution >= 0.6 is 0 Å². The first-order valence-corrected chi connectivity index (χ1v) is 6.69. The van der Waals surface area contributed by atoms with Crippen LogP contribution in [0.25, 0.3) is 0 Å². The SMILES string of the molecule is C#CCOc1ccc(C=Nn2cc(C)nc2N)cc1CC. The summed E-state index contributed by atoms with van der Waals surface area (Å²) in [6.07, 6.45) is 9.58. The van der Waals surface area contributed by atoms with E-state index in [9.17, 15) is 0 Å². The minimum absolute atomic E-state index is 0.269. The van der Waals surface area contributed by atoms with Gasteiger partial charge in [0.1, 0.15) is 12.4 Å². The number of rotatable bonds is 5. The molecule has 1 aromatic heterocycles. The van der Waals surface area contributed by atoms with E-state index >= 15 is 0 Å². The molecule has 2 N–H and O–H groups in total. The van der Waals surface area contributed by atoms with Gasteiger partial charge >= 0.3 is 0 Å². The molecule has 0 aliphatic heterocycles. The van der Waals surface area contributed by atoms with E-state index in [1.165, 1.54) is 0 Å². The maximum absolute atomic E-state index is 5.74. The molecule has 108 valence electrons. The number of benzene rings is 1. The smallest absolute Gasteiger partial charge is 0.221 e. The molecular formula is C16H18N4O. The zero-order valence-electron chi connectivity index (χ0n) is 12.2. The monoisotopic (exact) mass is 282 g/mol. The number of hydrogen-bond acceptors (Lipinski definition) is 4. The van der Waals surface area contributed by atoms with Gasteiger partial charge in [-0.25, -0.2) is 9.66 Å². The first-order valence-electron chi connectivity index (χ1n) is 6.69. The van der Waals surface area contributed by atoms with Crippen LogP contribution in [0.3, 0.4) is 0 Å². The first-order chi connectivity index (χ1) is 10.1. The standard InChI is InChI=1S/C16H18N4O/c1-4-8-21-15-7-6-13(9-14(15)5-2)10-18-20-11-12(3)19-16(20)17/h1,6-7,9-11H,5,8H2,2-3H3,(H2,17,19). The van der Waals surface area contributed by atoms with Crippen LogP contribution in [0.15, 0.2) is 29.5 Å². The highest BCUT2D eigenvalue weighted by Gasteiger charge is 2.03. The summed E-state index contributed by atoms with van der Waals surface area (Å²) >= 11 is 0. The molecule has 1 heterocycles. The van der Waals surface area contributed by atoms with E-state index in [1.54, 1.807) is 17.1 Å². The van der Waals surface area contributed by atoms with Crippen LogP contribution in [0.1, 0.15) is 23.7 Å². The number of ether oxygens (including phenoxy) is 1. The number of hydrogen-bond donors (Lipinski definition) is 1. The Morgan fingerprint density at radius 1 is 1.52 bits per heavy atom. The molecule has 0 aliphatic rings. The predicted molar refractivity (Wildman–Crippen MR) is 84.5 cm³/mol. The van der Waals surface area contributed by atoms with Gasteiger partial charge in [-0.15, -0.1) is 6.42 Å². The molecule has 5 nitrogen and oxygen atoms in total. The molecule has 0 saturated carbocycles. The van der Waals surface area contributed by atoms with E-state index in [1.807, 2.05) is 25.1 Å². The molecule has 2 rings (SSSR count). The Balaban J connectivity index is 2.21. The topological polar surface area (TPSA) is 65.4 Å². The molecule has 0 spiro atoms. The van der Waals surface area contributed by atoms with Crippen molar-refractivity contribution < 1.29 is 4.74 Å². The molecule has 0 fully saturated rings. The van der Waals surface area contributed by atoms with E-state index in [2.05, 4.69) is 22.9 Å².